The average molecular weight is 276 g/mol. The van der Waals surface area contributed by atoms with Gasteiger partial charge in [-0.05, 0) is 37.8 Å². The molecule has 5 heteroatoms. The van der Waals surface area contributed by atoms with Crippen molar-refractivity contribution in [2.75, 3.05) is 0 Å². The summed E-state index contributed by atoms with van der Waals surface area (Å²) in [6.45, 7) is 0. The number of carboxylic acids is 1. The summed E-state index contributed by atoms with van der Waals surface area (Å²) >= 11 is 0. The van der Waals surface area contributed by atoms with Gasteiger partial charge in [0.2, 0.25) is 0 Å². The molecule has 0 unspecified atom stereocenters. The van der Waals surface area contributed by atoms with Gasteiger partial charge in [0.15, 0.2) is 0 Å². The van der Waals surface area contributed by atoms with Crippen LogP contribution in [0.25, 0.3) is 0 Å². The molecule has 0 radical (unpaired) electrons. The van der Waals surface area contributed by atoms with Crippen molar-refractivity contribution in [1.82, 2.24) is 9.88 Å². The maximum atomic E-state index is 12.5. The second-order valence-electron chi connectivity index (χ2n) is 6.04. The minimum absolute atomic E-state index is 0.0167. The summed E-state index contributed by atoms with van der Waals surface area (Å²) in [7, 11) is 0. The Morgan fingerprint density at radius 1 is 1.35 bits per heavy atom. The number of aliphatic carboxylic acids is 1. The van der Waals surface area contributed by atoms with E-state index in [0.29, 0.717) is 11.7 Å². The van der Waals surface area contributed by atoms with Crippen LogP contribution in [0, 0.1) is 0 Å². The number of nitrogens with one attached hydrogen (secondary N) is 1. The van der Waals surface area contributed by atoms with Crippen LogP contribution >= 0.6 is 0 Å². The number of aromatic nitrogens is 1. The molecule has 0 spiro atoms. The van der Waals surface area contributed by atoms with Crippen molar-refractivity contribution in [2.24, 2.45) is 0 Å². The lowest BCUT2D eigenvalue weighted by molar-refractivity contribution is -0.138. The van der Waals surface area contributed by atoms with Crippen molar-refractivity contribution in [3.05, 3.63) is 24.0 Å². The highest BCUT2D eigenvalue weighted by molar-refractivity contribution is 5.93. The Balaban J connectivity index is 1.76. The third-order valence-electron chi connectivity index (χ3n) is 4.38. The lowest BCUT2D eigenvalue weighted by Crippen LogP contribution is -2.48. The fourth-order valence-electron chi connectivity index (χ4n) is 3.25. The van der Waals surface area contributed by atoms with E-state index in [-0.39, 0.29) is 12.3 Å². The van der Waals surface area contributed by atoms with E-state index in [1.165, 1.54) is 0 Å². The lowest BCUT2D eigenvalue weighted by Gasteiger charge is -2.28. The van der Waals surface area contributed by atoms with E-state index < -0.39 is 11.5 Å². The molecule has 1 aromatic rings. The molecule has 0 aromatic carbocycles. The SMILES string of the molecule is O=C(O)CC1(NC(=O)c2cccn2C2CC2)CCCC1. The zero-order chi connectivity index (χ0) is 14.2. The van der Waals surface area contributed by atoms with Crippen LogP contribution < -0.4 is 5.32 Å². The summed E-state index contributed by atoms with van der Waals surface area (Å²) in [5, 5.41) is 12.1. The van der Waals surface area contributed by atoms with Crippen molar-refractivity contribution < 1.29 is 14.7 Å². The van der Waals surface area contributed by atoms with E-state index in [1.54, 1.807) is 0 Å². The first-order valence-electron chi connectivity index (χ1n) is 7.31. The summed E-state index contributed by atoms with van der Waals surface area (Å²) in [5.41, 5.74) is 0.103. The second-order valence-corrected chi connectivity index (χ2v) is 6.04. The number of carboxylic acid groups (broad SMARTS) is 1. The van der Waals surface area contributed by atoms with Crippen molar-refractivity contribution in [3.8, 4) is 0 Å². The number of rotatable bonds is 5. The molecule has 2 aliphatic rings. The summed E-state index contributed by atoms with van der Waals surface area (Å²) in [5.74, 6) is -0.977. The first-order valence-corrected chi connectivity index (χ1v) is 7.31. The number of hydrogen-bond acceptors (Lipinski definition) is 2. The van der Waals surface area contributed by atoms with Gasteiger partial charge in [0, 0.05) is 12.2 Å². The molecule has 2 aliphatic carbocycles. The molecule has 0 atom stereocenters. The highest BCUT2D eigenvalue weighted by Gasteiger charge is 2.38. The molecule has 1 aromatic heterocycles. The number of amides is 1. The summed E-state index contributed by atoms with van der Waals surface area (Å²) in [4.78, 5) is 23.5. The number of carbonyl (C=O) groups excluding carboxylic acids is 1. The van der Waals surface area contributed by atoms with Gasteiger partial charge in [0.25, 0.3) is 5.91 Å². The molecule has 3 rings (SSSR count). The highest BCUT2D eigenvalue weighted by atomic mass is 16.4. The molecule has 0 bridgehead atoms. The van der Waals surface area contributed by atoms with Gasteiger partial charge in [-0.2, -0.15) is 0 Å². The Hall–Kier alpha value is -1.78. The maximum Gasteiger partial charge on any atom is 0.305 e. The molecule has 0 aliphatic heterocycles. The average Bonchev–Trinajstić information content (AvgIpc) is 2.94. The first kappa shape index (κ1) is 13.2. The van der Waals surface area contributed by atoms with E-state index in [2.05, 4.69) is 5.32 Å². The molecular weight excluding hydrogens is 256 g/mol. The monoisotopic (exact) mass is 276 g/mol. The molecule has 2 fully saturated rings. The van der Waals surface area contributed by atoms with Gasteiger partial charge in [0.1, 0.15) is 5.69 Å². The van der Waals surface area contributed by atoms with Crippen LogP contribution in [0.2, 0.25) is 0 Å². The Morgan fingerprint density at radius 2 is 2.05 bits per heavy atom. The summed E-state index contributed by atoms with van der Waals surface area (Å²) in [6, 6.07) is 4.15. The number of carbonyl (C=O) groups is 2. The van der Waals surface area contributed by atoms with Crippen LogP contribution in [-0.2, 0) is 4.79 Å². The lowest BCUT2D eigenvalue weighted by atomic mass is 9.93. The fourth-order valence-corrected chi connectivity index (χ4v) is 3.25. The maximum absolute atomic E-state index is 12.5. The van der Waals surface area contributed by atoms with E-state index in [0.717, 1.165) is 38.5 Å². The van der Waals surface area contributed by atoms with E-state index >= 15 is 0 Å². The van der Waals surface area contributed by atoms with Crippen LogP contribution in [0.4, 0.5) is 0 Å². The normalized spacial score (nSPS) is 20.8. The van der Waals surface area contributed by atoms with Gasteiger partial charge >= 0.3 is 5.97 Å². The number of nitrogens with zero attached hydrogens (tertiary/aromatic N) is 1. The smallest absolute Gasteiger partial charge is 0.305 e. The van der Waals surface area contributed by atoms with Crippen LogP contribution in [0.3, 0.4) is 0 Å². The van der Waals surface area contributed by atoms with Gasteiger partial charge in [-0.3, -0.25) is 9.59 Å². The minimum atomic E-state index is -0.843. The summed E-state index contributed by atoms with van der Waals surface area (Å²) in [6.07, 6.45) is 7.68. The van der Waals surface area contributed by atoms with Crippen molar-refractivity contribution in [3.63, 3.8) is 0 Å². The molecule has 20 heavy (non-hydrogen) atoms. The van der Waals surface area contributed by atoms with E-state index in [9.17, 15) is 9.59 Å². The fraction of sp³-hybridized carbons (Fsp3) is 0.600. The second kappa shape index (κ2) is 4.96. The van der Waals surface area contributed by atoms with Crippen molar-refractivity contribution in [1.29, 1.82) is 0 Å². The Morgan fingerprint density at radius 3 is 2.65 bits per heavy atom. The van der Waals surface area contributed by atoms with E-state index in [1.807, 2.05) is 22.9 Å². The third kappa shape index (κ3) is 2.57. The molecular formula is C15H20N2O3. The standard InChI is InChI=1S/C15H20N2O3/c18-13(19)10-15(7-1-2-8-15)16-14(20)12-4-3-9-17(12)11-5-6-11/h3-4,9,11H,1-2,5-8,10H2,(H,16,20)(H,18,19). The van der Waals surface area contributed by atoms with Gasteiger partial charge in [-0.1, -0.05) is 12.8 Å². The van der Waals surface area contributed by atoms with Crippen LogP contribution in [0.5, 0.6) is 0 Å². The van der Waals surface area contributed by atoms with Gasteiger partial charge < -0.3 is 15.0 Å². The van der Waals surface area contributed by atoms with E-state index in [4.69, 9.17) is 5.11 Å². The quantitative estimate of drug-likeness (QED) is 0.867. The molecule has 5 nitrogen and oxygen atoms in total. The molecule has 1 amide bonds. The molecule has 108 valence electrons. The van der Waals surface area contributed by atoms with Gasteiger partial charge in [-0.25, -0.2) is 0 Å². The summed E-state index contributed by atoms with van der Waals surface area (Å²) < 4.78 is 2.01. The van der Waals surface area contributed by atoms with Crippen LogP contribution in [-0.4, -0.2) is 27.1 Å². The largest absolute Gasteiger partial charge is 0.481 e. The minimum Gasteiger partial charge on any atom is -0.481 e. The van der Waals surface area contributed by atoms with Crippen LogP contribution in [0.1, 0.15) is 61.5 Å². The van der Waals surface area contributed by atoms with Gasteiger partial charge in [-0.15, -0.1) is 0 Å². The predicted molar refractivity (Wildman–Crippen MR) is 73.6 cm³/mol. The highest BCUT2D eigenvalue weighted by Crippen LogP contribution is 2.37. The molecule has 2 saturated carbocycles. The van der Waals surface area contributed by atoms with Crippen molar-refractivity contribution >= 4 is 11.9 Å². The Labute approximate surface area is 118 Å². The Kier molecular flexibility index (Phi) is 3.28. The van der Waals surface area contributed by atoms with Crippen molar-refractivity contribution in [2.45, 2.75) is 56.5 Å². The predicted octanol–water partition coefficient (Wildman–Crippen LogP) is 2.34. The van der Waals surface area contributed by atoms with Crippen LogP contribution in [0.15, 0.2) is 18.3 Å². The zero-order valence-corrected chi connectivity index (χ0v) is 11.5. The topological polar surface area (TPSA) is 71.3 Å². The first-order chi connectivity index (χ1) is 9.60. The molecule has 0 saturated heterocycles. The molecule has 1 heterocycles. The van der Waals surface area contributed by atoms with Gasteiger partial charge in [0.05, 0.1) is 12.0 Å². The number of hydrogen-bond donors (Lipinski definition) is 2. The third-order valence-corrected chi connectivity index (χ3v) is 4.38. The Bertz CT molecular complexity index is 525. The molecule has 2 N–H and O–H groups in total. The zero-order valence-electron chi connectivity index (χ0n) is 11.5.